The summed E-state index contributed by atoms with van der Waals surface area (Å²) in [5.74, 6) is -0.561. The molecule has 4 nitrogen and oxygen atoms in total. The predicted octanol–water partition coefficient (Wildman–Crippen LogP) is 4.09. The number of carbonyl (C=O) groups is 2. The molecule has 0 unspecified atom stereocenters. The highest BCUT2D eigenvalue weighted by Crippen LogP contribution is 2.24. The van der Waals surface area contributed by atoms with Crippen LogP contribution in [0.25, 0.3) is 5.57 Å². The molecule has 1 aromatic carbocycles. The molecule has 0 spiro atoms. The minimum Gasteiger partial charge on any atom is -0.451 e. The van der Waals surface area contributed by atoms with E-state index >= 15 is 0 Å². The van der Waals surface area contributed by atoms with Gasteiger partial charge in [0.2, 0.25) is 0 Å². The first-order valence-corrected chi connectivity index (χ1v) is 9.68. The van der Waals surface area contributed by atoms with Gasteiger partial charge < -0.3 is 9.64 Å². The average Bonchev–Trinajstić information content (AvgIpc) is 3.07. The van der Waals surface area contributed by atoms with Gasteiger partial charge in [0.05, 0.1) is 0 Å². The number of rotatable bonds is 5. The van der Waals surface area contributed by atoms with Crippen molar-refractivity contribution in [3.8, 4) is 0 Å². The van der Waals surface area contributed by atoms with Gasteiger partial charge in [-0.05, 0) is 42.5 Å². The fraction of sp³-hybridized carbons (Fsp3) is 0.333. The summed E-state index contributed by atoms with van der Waals surface area (Å²) in [5, 5.41) is 0. The smallest absolute Gasteiger partial charge is 0.348 e. The number of thiophene rings is 1. The highest BCUT2D eigenvalue weighted by molar-refractivity contribution is 7.14. The van der Waals surface area contributed by atoms with Crippen LogP contribution in [0, 0.1) is 6.92 Å². The molecule has 26 heavy (non-hydrogen) atoms. The summed E-state index contributed by atoms with van der Waals surface area (Å²) < 4.78 is 5.23. The van der Waals surface area contributed by atoms with Gasteiger partial charge in [0.25, 0.3) is 5.91 Å². The Morgan fingerprint density at radius 3 is 2.62 bits per heavy atom. The Kier molecular flexibility index (Phi) is 5.89. The zero-order valence-electron chi connectivity index (χ0n) is 15.2. The third-order valence-electron chi connectivity index (χ3n) is 4.64. The molecule has 0 atom stereocenters. The van der Waals surface area contributed by atoms with Gasteiger partial charge in [-0.2, -0.15) is 0 Å². The van der Waals surface area contributed by atoms with E-state index in [1.807, 2.05) is 31.2 Å². The van der Waals surface area contributed by atoms with E-state index in [-0.39, 0.29) is 12.5 Å². The van der Waals surface area contributed by atoms with Crippen LogP contribution in [-0.2, 0) is 16.0 Å². The van der Waals surface area contributed by atoms with Crippen molar-refractivity contribution in [1.29, 1.82) is 0 Å². The molecule has 0 fully saturated rings. The van der Waals surface area contributed by atoms with Crippen LogP contribution in [0.1, 0.15) is 39.0 Å². The van der Waals surface area contributed by atoms with Crippen LogP contribution in [0.15, 0.2) is 42.5 Å². The van der Waals surface area contributed by atoms with E-state index in [0.29, 0.717) is 18.0 Å². The van der Waals surface area contributed by atoms with Gasteiger partial charge in [0.15, 0.2) is 6.61 Å². The third kappa shape index (κ3) is 4.22. The first-order valence-electron chi connectivity index (χ1n) is 8.87. The number of hydrogen-bond donors (Lipinski definition) is 0. The summed E-state index contributed by atoms with van der Waals surface area (Å²) in [6.45, 7) is 5.05. The second-order valence-corrected chi connectivity index (χ2v) is 7.56. The van der Waals surface area contributed by atoms with Gasteiger partial charge in [-0.15, -0.1) is 11.3 Å². The number of benzene rings is 1. The second-order valence-electron chi connectivity index (χ2n) is 6.31. The van der Waals surface area contributed by atoms with E-state index < -0.39 is 5.97 Å². The standard InChI is InChI=1S/C21H23NO3S/c1-3-16-13-19(26-15(16)2)21(24)25-14-20(23)22-11-9-18(10-12-22)17-7-5-4-6-8-17/h4-9,13H,3,10-12,14H2,1-2H3. The lowest BCUT2D eigenvalue weighted by molar-refractivity contribution is -0.134. The quantitative estimate of drug-likeness (QED) is 0.746. The molecular weight excluding hydrogens is 346 g/mol. The van der Waals surface area contributed by atoms with Crippen molar-refractivity contribution in [3.63, 3.8) is 0 Å². The largest absolute Gasteiger partial charge is 0.451 e. The zero-order valence-corrected chi connectivity index (χ0v) is 16.0. The summed E-state index contributed by atoms with van der Waals surface area (Å²) in [5.41, 5.74) is 3.61. The lowest BCUT2D eigenvalue weighted by Crippen LogP contribution is -2.37. The van der Waals surface area contributed by atoms with Gasteiger partial charge in [0, 0.05) is 18.0 Å². The summed E-state index contributed by atoms with van der Waals surface area (Å²) in [4.78, 5) is 27.9. The Balaban J connectivity index is 1.53. The van der Waals surface area contributed by atoms with E-state index in [2.05, 4.69) is 25.1 Å². The maximum Gasteiger partial charge on any atom is 0.348 e. The summed E-state index contributed by atoms with van der Waals surface area (Å²) in [6.07, 6.45) is 3.78. The molecule has 0 saturated heterocycles. The first kappa shape index (κ1) is 18.4. The Labute approximate surface area is 158 Å². The monoisotopic (exact) mass is 369 g/mol. The molecule has 5 heteroatoms. The van der Waals surface area contributed by atoms with Gasteiger partial charge in [-0.3, -0.25) is 4.79 Å². The molecule has 0 N–H and O–H groups in total. The first-order chi connectivity index (χ1) is 12.6. The molecule has 0 aliphatic carbocycles. The lowest BCUT2D eigenvalue weighted by Gasteiger charge is -2.26. The van der Waals surface area contributed by atoms with Crippen LogP contribution in [0.3, 0.4) is 0 Å². The van der Waals surface area contributed by atoms with Crippen molar-refractivity contribution in [2.75, 3.05) is 19.7 Å². The average molecular weight is 369 g/mol. The van der Waals surface area contributed by atoms with Crippen molar-refractivity contribution in [2.45, 2.75) is 26.7 Å². The molecule has 2 heterocycles. The molecule has 2 aromatic rings. The number of ether oxygens (including phenoxy) is 1. The fourth-order valence-corrected chi connectivity index (χ4v) is 4.08. The Hall–Kier alpha value is -2.40. The molecule has 0 saturated carbocycles. The molecule has 1 aliphatic rings. The van der Waals surface area contributed by atoms with Crippen molar-refractivity contribution in [2.24, 2.45) is 0 Å². The number of nitrogens with zero attached hydrogens (tertiary/aromatic N) is 1. The highest BCUT2D eigenvalue weighted by atomic mass is 32.1. The molecule has 136 valence electrons. The van der Waals surface area contributed by atoms with Crippen LogP contribution in [0.5, 0.6) is 0 Å². The Bertz CT molecular complexity index is 823. The molecule has 1 aliphatic heterocycles. The van der Waals surface area contributed by atoms with E-state index in [9.17, 15) is 9.59 Å². The number of hydrogen-bond acceptors (Lipinski definition) is 4. The van der Waals surface area contributed by atoms with E-state index in [1.165, 1.54) is 22.5 Å². The van der Waals surface area contributed by atoms with E-state index in [4.69, 9.17) is 4.74 Å². The number of carbonyl (C=O) groups excluding carboxylic acids is 2. The SMILES string of the molecule is CCc1cc(C(=O)OCC(=O)N2CC=C(c3ccccc3)CC2)sc1C. The topological polar surface area (TPSA) is 46.6 Å². The van der Waals surface area contributed by atoms with E-state index in [1.54, 1.807) is 4.90 Å². The normalized spacial score (nSPS) is 14.1. The van der Waals surface area contributed by atoms with Crippen LogP contribution < -0.4 is 0 Å². The Morgan fingerprint density at radius 2 is 2.00 bits per heavy atom. The molecule has 1 aromatic heterocycles. The van der Waals surface area contributed by atoms with Crippen molar-refractivity contribution < 1.29 is 14.3 Å². The summed E-state index contributed by atoms with van der Waals surface area (Å²) >= 11 is 1.42. The van der Waals surface area contributed by atoms with Crippen LogP contribution in [-0.4, -0.2) is 36.5 Å². The van der Waals surface area contributed by atoms with Crippen molar-refractivity contribution in [1.82, 2.24) is 4.90 Å². The minimum absolute atomic E-state index is 0.147. The third-order valence-corrected chi connectivity index (χ3v) is 5.71. The van der Waals surface area contributed by atoms with Crippen LogP contribution in [0.4, 0.5) is 0 Å². The second kappa shape index (κ2) is 8.32. The fourth-order valence-electron chi connectivity index (χ4n) is 3.07. The summed E-state index contributed by atoms with van der Waals surface area (Å²) in [6, 6.07) is 12.1. The lowest BCUT2D eigenvalue weighted by atomic mass is 10.00. The molecule has 0 radical (unpaired) electrons. The van der Waals surface area contributed by atoms with Crippen molar-refractivity contribution in [3.05, 3.63) is 63.4 Å². The molecular formula is C21H23NO3S. The molecule has 0 bridgehead atoms. The predicted molar refractivity (Wildman–Crippen MR) is 104 cm³/mol. The number of aryl methyl sites for hydroxylation is 2. The van der Waals surface area contributed by atoms with Crippen LogP contribution >= 0.6 is 11.3 Å². The Morgan fingerprint density at radius 1 is 1.23 bits per heavy atom. The molecule has 1 amide bonds. The van der Waals surface area contributed by atoms with Gasteiger partial charge in [-0.1, -0.05) is 43.3 Å². The number of amides is 1. The van der Waals surface area contributed by atoms with Gasteiger partial charge >= 0.3 is 5.97 Å². The van der Waals surface area contributed by atoms with Gasteiger partial charge in [0.1, 0.15) is 4.88 Å². The highest BCUT2D eigenvalue weighted by Gasteiger charge is 2.20. The maximum atomic E-state index is 12.3. The van der Waals surface area contributed by atoms with E-state index in [0.717, 1.165) is 23.3 Å². The molecule has 3 rings (SSSR count). The number of esters is 1. The summed E-state index contributed by atoms with van der Waals surface area (Å²) in [7, 11) is 0. The minimum atomic E-state index is -0.413. The van der Waals surface area contributed by atoms with Crippen molar-refractivity contribution >= 4 is 28.8 Å². The zero-order chi connectivity index (χ0) is 18.5. The maximum absolute atomic E-state index is 12.3. The van der Waals surface area contributed by atoms with Gasteiger partial charge in [-0.25, -0.2) is 4.79 Å². The van der Waals surface area contributed by atoms with Crippen LogP contribution in [0.2, 0.25) is 0 Å².